The Bertz CT molecular complexity index is 88.4. The predicted molar refractivity (Wildman–Crippen MR) is 28.8 cm³/mol. The molecule has 0 radical (unpaired) electrons. The van der Waals surface area contributed by atoms with E-state index in [1.807, 2.05) is 25.7 Å². The van der Waals surface area contributed by atoms with Crippen LogP contribution in [0.1, 0.15) is 13.3 Å². The molecule has 0 heterocycles. The first-order valence-electron chi connectivity index (χ1n) is 2.34. The molecule has 0 saturated carbocycles. The van der Waals surface area contributed by atoms with Crippen LogP contribution in [0.5, 0.6) is 0 Å². The first-order chi connectivity index (χ1) is 4.13. The molecule has 0 aromatic carbocycles. The molecular weight excluding hydrogens is 156 g/mol. The first kappa shape index (κ1) is 11.6. The van der Waals surface area contributed by atoms with Crippen LogP contribution < -0.4 is 0 Å². The van der Waals surface area contributed by atoms with Gasteiger partial charge in [0.1, 0.15) is 12.2 Å². The molecule has 3 nitrogen and oxygen atoms in total. The van der Waals surface area contributed by atoms with Crippen LogP contribution in [0, 0.1) is 0 Å². The standard InChI is InChI=1S/C4H6O3.CH3.Ti/c1-3(5)2-4(6)7;;/h2H2,1H3,(H,6,7);1H3;. The molecule has 0 aromatic rings. The van der Waals surface area contributed by atoms with Crippen molar-refractivity contribution in [3.8, 4) is 0 Å². The third-order valence-corrected chi connectivity index (χ3v) is 0.400. The summed E-state index contributed by atoms with van der Waals surface area (Å²) in [6.45, 7) is 1.24. The van der Waals surface area contributed by atoms with Crippen molar-refractivity contribution in [2.24, 2.45) is 0 Å². The van der Waals surface area contributed by atoms with E-state index in [1.54, 1.807) is 0 Å². The third kappa shape index (κ3) is 18.1. The Labute approximate surface area is 65.8 Å². The van der Waals surface area contributed by atoms with Crippen molar-refractivity contribution in [1.82, 2.24) is 0 Å². The van der Waals surface area contributed by atoms with Crippen LogP contribution in [0.2, 0.25) is 5.23 Å². The Morgan fingerprint density at radius 3 is 1.78 bits per heavy atom. The monoisotopic (exact) mass is 165 g/mol. The maximum atomic E-state index is 9.87. The number of carbonyl (C=O) groups excluding carboxylic acids is 1. The molecule has 0 amide bonds. The van der Waals surface area contributed by atoms with Crippen molar-refractivity contribution >= 4 is 11.8 Å². The van der Waals surface area contributed by atoms with Crippen molar-refractivity contribution in [2.75, 3.05) is 0 Å². The fraction of sp³-hybridized carbons (Fsp3) is 0.600. The minimum atomic E-state index is -1.06. The van der Waals surface area contributed by atoms with Crippen molar-refractivity contribution in [1.29, 1.82) is 0 Å². The molecule has 0 aliphatic heterocycles. The number of hydrogen-bond acceptors (Lipinski definition) is 2. The van der Waals surface area contributed by atoms with Gasteiger partial charge in [0.05, 0.1) is 0 Å². The van der Waals surface area contributed by atoms with E-state index in [1.165, 1.54) is 6.92 Å². The van der Waals surface area contributed by atoms with Gasteiger partial charge in [0.15, 0.2) is 0 Å². The van der Waals surface area contributed by atoms with Gasteiger partial charge in [0.25, 0.3) is 0 Å². The van der Waals surface area contributed by atoms with Crippen molar-refractivity contribution in [3.05, 3.63) is 0 Å². The number of aliphatic carboxylic acids is 1. The van der Waals surface area contributed by atoms with E-state index in [0.717, 1.165) is 0 Å². The third-order valence-electron chi connectivity index (χ3n) is 0.400. The van der Waals surface area contributed by atoms with Gasteiger partial charge in [-0.1, -0.05) is 0 Å². The second-order valence-corrected chi connectivity index (χ2v) is 1.27. The second kappa shape index (κ2) is 7.85. The van der Waals surface area contributed by atoms with E-state index < -0.39 is 5.97 Å². The summed E-state index contributed by atoms with van der Waals surface area (Å²) in [5.41, 5.74) is 0. The van der Waals surface area contributed by atoms with Crippen LogP contribution in [0.25, 0.3) is 0 Å². The summed E-state index contributed by atoms with van der Waals surface area (Å²) in [5, 5.41) is 9.86. The summed E-state index contributed by atoms with van der Waals surface area (Å²) in [6, 6.07) is 0. The van der Waals surface area contributed by atoms with Crippen molar-refractivity contribution < 1.29 is 35.1 Å². The van der Waals surface area contributed by atoms with E-state index in [9.17, 15) is 9.59 Å². The molecule has 1 N–H and O–H groups in total. The van der Waals surface area contributed by atoms with Gasteiger partial charge in [0, 0.05) is 0 Å². The predicted octanol–water partition coefficient (Wildman–Crippen LogP) is 0.631. The first-order valence-corrected chi connectivity index (χ1v) is 3.90. The Hall–Kier alpha value is -0.146. The van der Waals surface area contributed by atoms with Gasteiger partial charge < -0.3 is 5.11 Å². The number of carboxylic acids is 1. The molecule has 0 saturated heterocycles. The van der Waals surface area contributed by atoms with Crippen molar-refractivity contribution in [3.63, 3.8) is 0 Å². The Morgan fingerprint density at radius 1 is 1.44 bits per heavy atom. The Balaban J connectivity index is 0. The van der Waals surface area contributed by atoms with E-state index in [2.05, 4.69) is 0 Å². The summed E-state index contributed by atoms with van der Waals surface area (Å²) in [6.07, 6.45) is -0.361. The molecule has 0 spiro atoms. The van der Waals surface area contributed by atoms with Gasteiger partial charge in [-0.05, 0) is 6.92 Å². The van der Waals surface area contributed by atoms with Gasteiger partial charge >= 0.3 is 31.6 Å². The maximum absolute atomic E-state index is 9.87. The summed E-state index contributed by atoms with van der Waals surface area (Å²) in [5.74, 6) is -1.37. The minimum absolute atomic E-state index is 0.312. The van der Waals surface area contributed by atoms with Crippen LogP contribution >= 0.6 is 0 Å². The van der Waals surface area contributed by atoms with Crippen LogP contribution in [-0.4, -0.2) is 16.9 Å². The van der Waals surface area contributed by atoms with Crippen LogP contribution in [0.15, 0.2) is 0 Å². The molecule has 0 unspecified atom stereocenters. The molecule has 0 aliphatic rings. The number of hydrogen-bond donors (Lipinski definition) is 1. The van der Waals surface area contributed by atoms with Gasteiger partial charge in [-0.3, -0.25) is 9.59 Å². The fourth-order valence-corrected chi connectivity index (χ4v) is 0.213. The van der Waals surface area contributed by atoms with Gasteiger partial charge in [-0.15, -0.1) is 0 Å². The molecular formula is C5H9O3Ti. The molecule has 51 valence electrons. The molecule has 0 rings (SSSR count). The fourth-order valence-electron chi connectivity index (χ4n) is 0.213. The van der Waals surface area contributed by atoms with Gasteiger partial charge in [-0.25, -0.2) is 0 Å². The molecule has 0 atom stereocenters. The quantitative estimate of drug-likeness (QED) is 0.482. The van der Waals surface area contributed by atoms with Gasteiger partial charge in [-0.2, -0.15) is 0 Å². The zero-order valence-corrected chi connectivity index (χ0v) is 7.03. The summed E-state index contributed by atoms with van der Waals surface area (Å²) < 4.78 is 0. The topological polar surface area (TPSA) is 54.4 Å². The second-order valence-electron chi connectivity index (χ2n) is 1.27. The summed E-state index contributed by atoms with van der Waals surface area (Å²) in [7, 11) is 0. The van der Waals surface area contributed by atoms with Crippen LogP contribution in [0.4, 0.5) is 0 Å². The molecule has 0 aliphatic carbocycles. The molecule has 0 aromatic heterocycles. The molecule has 4 heteroatoms. The number of Topliss-reactive ketones (excluding diaryl/α,β-unsaturated/α-hetero) is 1. The number of carbonyl (C=O) groups is 2. The summed E-state index contributed by atoms with van der Waals surface area (Å²) >= 11 is 2.00. The number of carboxylic acid groups (broad SMARTS) is 1. The van der Waals surface area contributed by atoms with Crippen molar-refractivity contribution in [2.45, 2.75) is 18.6 Å². The van der Waals surface area contributed by atoms with Crippen LogP contribution in [-0.2, 0) is 30.0 Å². The number of ketones is 1. The zero-order chi connectivity index (χ0) is 7.86. The van der Waals surface area contributed by atoms with E-state index in [0.29, 0.717) is 0 Å². The normalized spacial score (nSPS) is 6.78. The SMILES string of the molecule is CC(=O)CC(=O)O.[CH3][Ti]. The molecule has 9 heavy (non-hydrogen) atoms. The number of rotatable bonds is 2. The van der Waals surface area contributed by atoms with Gasteiger partial charge in [0.2, 0.25) is 0 Å². The average Bonchev–Trinajstić information content (AvgIpc) is 1.68. The van der Waals surface area contributed by atoms with E-state index >= 15 is 0 Å². The van der Waals surface area contributed by atoms with E-state index in [-0.39, 0.29) is 12.2 Å². The summed E-state index contributed by atoms with van der Waals surface area (Å²) in [4.78, 5) is 19.5. The Morgan fingerprint density at radius 2 is 1.78 bits per heavy atom. The van der Waals surface area contributed by atoms with E-state index in [4.69, 9.17) is 5.11 Å². The average molecular weight is 165 g/mol. The molecule has 0 fully saturated rings. The Kier molecular flexibility index (Phi) is 10.1. The zero-order valence-electron chi connectivity index (χ0n) is 5.47. The molecule has 0 bridgehead atoms. The van der Waals surface area contributed by atoms with Crippen LogP contribution in [0.3, 0.4) is 0 Å².